The van der Waals surface area contributed by atoms with E-state index in [0.29, 0.717) is 5.13 Å². The fraction of sp³-hybridized carbons (Fsp3) is 0.400. The molecule has 1 fully saturated rings. The molecule has 0 atom stereocenters. The lowest BCUT2D eigenvalue weighted by molar-refractivity contribution is 0.262. The van der Waals surface area contributed by atoms with E-state index in [0.717, 1.165) is 47.2 Å². The molecule has 2 N–H and O–H groups in total. The summed E-state index contributed by atoms with van der Waals surface area (Å²) in [5.41, 5.74) is 4.86. The molecule has 2 amide bonds. The number of nitrogens with one attached hydrogen (secondary N) is 2. The molecule has 1 aliphatic heterocycles. The van der Waals surface area contributed by atoms with Crippen LogP contribution in [0.15, 0.2) is 29.9 Å². The lowest BCUT2D eigenvalue weighted by Gasteiger charge is -2.30. The Balaban J connectivity index is 1.37. The van der Waals surface area contributed by atoms with E-state index >= 15 is 0 Å². The molecule has 0 saturated carbocycles. The largest absolute Gasteiger partial charge is 0.370 e. The SMILES string of the molecule is Cc1ccc(NC(=O)Nc2ncc(CCc3nncs3)s2)c(N2CCCCC2)c1. The molecule has 2 aromatic heterocycles. The number of anilines is 3. The zero-order valence-electron chi connectivity index (χ0n) is 16.4. The molecule has 4 rings (SSSR count). The summed E-state index contributed by atoms with van der Waals surface area (Å²) in [6.07, 6.45) is 7.15. The second kappa shape index (κ2) is 9.32. The van der Waals surface area contributed by atoms with Crippen molar-refractivity contribution in [1.82, 2.24) is 15.2 Å². The van der Waals surface area contributed by atoms with Crippen LogP contribution < -0.4 is 15.5 Å². The van der Waals surface area contributed by atoms with Crippen molar-refractivity contribution in [1.29, 1.82) is 0 Å². The summed E-state index contributed by atoms with van der Waals surface area (Å²) in [4.78, 5) is 20.4. The number of aryl methyl sites for hydroxylation is 3. The quantitative estimate of drug-likeness (QED) is 0.593. The van der Waals surface area contributed by atoms with Crippen LogP contribution in [0.2, 0.25) is 0 Å². The molecule has 1 aromatic carbocycles. The second-order valence-electron chi connectivity index (χ2n) is 7.11. The summed E-state index contributed by atoms with van der Waals surface area (Å²) in [6.45, 7) is 4.14. The van der Waals surface area contributed by atoms with Gasteiger partial charge in [-0.05, 0) is 50.3 Å². The molecule has 9 heteroatoms. The molecule has 1 saturated heterocycles. The van der Waals surface area contributed by atoms with Crippen molar-refractivity contribution in [2.24, 2.45) is 0 Å². The van der Waals surface area contributed by atoms with E-state index < -0.39 is 0 Å². The van der Waals surface area contributed by atoms with Gasteiger partial charge in [-0.3, -0.25) is 5.32 Å². The van der Waals surface area contributed by atoms with Crippen molar-refractivity contribution in [3.05, 3.63) is 45.4 Å². The van der Waals surface area contributed by atoms with Gasteiger partial charge in [0.1, 0.15) is 10.5 Å². The minimum absolute atomic E-state index is 0.267. The standard InChI is InChI=1S/C20H24N6OS2/c1-14-5-7-16(17(11-14)26-9-3-2-4-10-26)23-19(27)24-20-21-12-15(29-20)6-8-18-25-22-13-28-18/h5,7,11-13H,2-4,6,8-10H2,1H3,(H2,21,23,24,27). The highest BCUT2D eigenvalue weighted by molar-refractivity contribution is 7.15. The van der Waals surface area contributed by atoms with E-state index in [4.69, 9.17) is 0 Å². The van der Waals surface area contributed by atoms with Gasteiger partial charge >= 0.3 is 6.03 Å². The van der Waals surface area contributed by atoms with Crippen molar-refractivity contribution < 1.29 is 4.79 Å². The minimum atomic E-state index is -0.267. The number of thiazole rings is 1. The fourth-order valence-corrected chi connectivity index (χ4v) is 4.75. The van der Waals surface area contributed by atoms with Crippen molar-refractivity contribution in [3.8, 4) is 0 Å². The lowest BCUT2D eigenvalue weighted by Crippen LogP contribution is -2.31. The molecule has 0 bridgehead atoms. The number of carbonyl (C=O) groups excluding carboxylic acids is 1. The van der Waals surface area contributed by atoms with Gasteiger partial charge in [-0.25, -0.2) is 9.78 Å². The zero-order valence-corrected chi connectivity index (χ0v) is 18.0. The maximum absolute atomic E-state index is 12.6. The van der Waals surface area contributed by atoms with E-state index in [1.807, 2.05) is 18.3 Å². The number of benzene rings is 1. The van der Waals surface area contributed by atoms with Crippen molar-refractivity contribution in [2.45, 2.75) is 39.0 Å². The minimum Gasteiger partial charge on any atom is -0.370 e. The number of hydrogen-bond acceptors (Lipinski definition) is 7. The van der Waals surface area contributed by atoms with Gasteiger partial charge in [0.05, 0.1) is 11.4 Å². The number of nitrogens with zero attached hydrogens (tertiary/aromatic N) is 4. The average Bonchev–Trinajstić information content (AvgIpc) is 3.40. The molecule has 0 unspecified atom stereocenters. The van der Waals surface area contributed by atoms with E-state index in [2.05, 4.69) is 43.7 Å². The van der Waals surface area contributed by atoms with Crippen LogP contribution in [0.25, 0.3) is 0 Å². The maximum atomic E-state index is 12.6. The summed E-state index contributed by atoms with van der Waals surface area (Å²) >= 11 is 3.04. The summed E-state index contributed by atoms with van der Waals surface area (Å²) in [5.74, 6) is 0. The summed E-state index contributed by atoms with van der Waals surface area (Å²) in [6, 6.07) is 5.89. The van der Waals surface area contributed by atoms with Gasteiger partial charge in [0.15, 0.2) is 5.13 Å². The summed E-state index contributed by atoms with van der Waals surface area (Å²) in [7, 11) is 0. The predicted octanol–water partition coefficient (Wildman–Crippen LogP) is 4.72. The van der Waals surface area contributed by atoms with Gasteiger partial charge in [0, 0.05) is 30.6 Å². The number of aromatic nitrogens is 3. The molecule has 152 valence electrons. The number of hydrogen-bond donors (Lipinski definition) is 2. The Morgan fingerprint density at radius 2 is 2.03 bits per heavy atom. The normalized spacial score (nSPS) is 14.0. The van der Waals surface area contributed by atoms with Crippen LogP contribution in [0.1, 0.15) is 34.7 Å². The third kappa shape index (κ3) is 5.30. The number of piperidine rings is 1. The zero-order chi connectivity index (χ0) is 20.1. The molecule has 1 aliphatic rings. The topological polar surface area (TPSA) is 83.0 Å². The first-order valence-corrected chi connectivity index (χ1v) is 11.5. The first-order valence-electron chi connectivity index (χ1n) is 9.81. The van der Waals surface area contributed by atoms with Gasteiger partial charge in [0.2, 0.25) is 0 Å². The summed E-state index contributed by atoms with van der Waals surface area (Å²) < 4.78 is 0. The predicted molar refractivity (Wildman–Crippen MR) is 119 cm³/mol. The van der Waals surface area contributed by atoms with Crippen LogP contribution >= 0.6 is 22.7 Å². The number of carbonyl (C=O) groups is 1. The first kappa shape index (κ1) is 19.8. The van der Waals surface area contributed by atoms with E-state index in [-0.39, 0.29) is 6.03 Å². The van der Waals surface area contributed by atoms with Gasteiger partial charge < -0.3 is 10.2 Å². The van der Waals surface area contributed by atoms with E-state index in [1.165, 1.54) is 36.2 Å². The van der Waals surface area contributed by atoms with Crippen LogP contribution in [0, 0.1) is 6.92 Å². The Labute approximate surface area is 178 Å². The second-order valence-corrected chi connectivity index (χ2v) is 9.14. The molecule has 0 aliphatic carbocycles. The monoisotopic (exact) mass is 428 g/mol. The summed E-state index contributed by atoms with van der Waals surface area (Å²) in [5, 5.41) is 15.4. The molecule has 7 nitrogen and oxygen atoms in total. The van der Waals surface area contributed by atoms with Gasteiger partial charge in [-0.1, -0.05) is 6.07 Å². The Hall–Kier alpha value is -2.52. The molecule has 0 spiro atoms. The molecular formula is C20H24N6OS2. The Kier molecular flexibility index (Phi) is 6.36. The van der Waals surface area contributed by atoms with Crippen LogP contribution in [-0.4, -0.2) is 34.3 Å². The average molecular weight is 429 g/mol. The van der Waals surface area contributed by atoms with E-state index in [1.54, 1.807) is 16.8 Å². The Morgan fingerprint density at radius 3 is 2.83 bits per heavy atom. The Morgan fingerprint density at radius 1 is 1.17 bits per heavy atom. The molecule has 0 radical (unpaired) electrons. The van der Waals surface area contributed by atoms with Crippen molar-refractivity contribution in [2.75, 3.05) is 28.6 Å². The number of urea groups is 1. The highest BCUT2D eigenvalue weighted by Gasteiger charge is 2.16. The highest BCUT2D eigenvalue weighted by atomic mass is 32.1. The van der Waals surface area contributed by atoms with Crippen molar-refractivity contribution >= 4 is 45.2 Å². The van der Waals surface area contributed by atoms with Crippen molar-refractivity contribution in [3.63, 3.8) is 0 Å². The molecule has 3 heterocycles. The van der Waals surface area contributed by atoms with Crippen LogP contribution in [0.5, 0.6) is 0 Å². The smallest absolute Gasteiger partial charge is 0.325 e. The third-order valence-corrected chi connectivity index (χ3v) is 6.59. The van der Waals surface area contributed by atoms with Crippen LogP contribution in [-0.2, 0) is 12.8 Å². The molecule has 3 aromatic rings. The van der Waals surface area contributed by atoms with Gasteiger partial charge in [0.25, 0.3) is 0 Å². The van der Waals surface area contributed by atoms with E-state index in [9.17, 15) is 4.79 Å². The van der Waals surface area contributed by atoms with Gasteiger partial charge in [-0.15, -0.1) is 32.9 Å². The fourth-order valence-electron chi connectivity index (χ4n) is 3.41. The molecule has 29 heavy (non-hydrogen) atoms. The molecular weight excluding hydrogens is 404 g/mol. The first-order chi connectivity index (χ1) is 14.2. The lowest BCUT2D eigenvalue weighted by atomic mass is 10.1. The number of amides is 2. The number of rotatable bonds is 6. The highest BCUT2D eigenvalue weighted by Crippen LogP contribution is 2.30. The van der Waals surface area contributed by atoms with Gasteiger partial charge in [-0.2, -0.15) is 0 Å². The van der Waals surface area contributed by atoms with Crippen LogP contribution in [0.3, 0.4) is 0 Å². The van der Waals surface area contributed by atoms with Crippen LogP contribution in [0.4, 0.5) is 21.3 Å². The third-order valence-electron chi connectivity index (χ3n) is 4.86. The maximum Gasteiger partial charge on any atom is 0.325 e. The Bertz CT molecular complexity index is 950.